The zero-order valence-corrected chi connectivity index (χ0v) is 11.0. The van der Waals surface area contributed by atoms with Gasteiger partial charge < -0.3 is 16.0 Å². The first kappa shape index (κ1) is 11.7. The van der Waals surface area contributed by atoms with Crippen molar-refractivity contribution in [1.82, 2.24) is 4.98 Å². The average Bonchev–Trinajstić information content (AvgIpc) is 2.82. The van der Waals surface area contributed by atoms with E-state index in [1.54, 1.807) is 0 Å². The minimum atomic E-state index is 0.272. The van der Waals surface area contributed by atoms with Crippen LogP contribution in [0.1, 0.15) is 0 Å². The number of nitrogens with two attached hydrogens (primary N) is 1. The maximum absolute atomic E-state index is 5.49. The number of thiocarbonyl (C=S) groups is 1. The molecule has 94 valence electrons. The number of hydrogen-bond acceptors (Lipinski definition) is 1. The van der Waals surface area contributed by atoms with Gasteiger partial charge in [-0.25, -0.2) is 0 Å². The van der Waals surface area contributed by atoms with Crippen molar-refractivity contribution in [2.24, 2.45) is 5.73 Å². The molecule has 3 nitrogen and oxygen atoms in total. The Hall–Kier alpha value is -2.33. The lowest BCUT2D eigenvalue weighted by atomic mass is 10.1. The summed E-state index contributed by atoms with van der Waals surface area (Å²) in [6.45, 7) is 0. The van der Waals surface area contributed by atoms with E-state index in [2.05, 4.69) is 34.6 Å². The number of para-hydroxylation sites is 1. The maximum Gasteiger partial charge on any atom is 0.168 e. The fourth-order valence-electron chi connectivity index (χ4n) is 2.14. The van der Waals surface area contributed by atoms with Gasteiger partial charge in [0.15, 0.2) is 5.11 Å². The molecule has 0 atom stereocenters. The smallest absolute Gasteiger partial charge is 0.168 e. The van der Waals surface area contributed by atoms with Crippen molar-refractivity contribution in [1.29, 1.82) is 0 Å². The molecule has 19 heavy (non-hydrogen) atoms. The van der Waals surface area contributed by atoms with Crippen LogP contribution in [0.4, 0.5) is 5.69 Å². The third kappa shape index (κ3) is 2.44. The molecule has 0 fully saturated rings. The highest BCUT2D eigenvalue weighted by molar-refractivity contribution is 7.80. The SMILES string of the molecule is NC(=S)Nc1cccc(-c2cc3ccccc3[nH]2)c1. The summed E-state index contributed by atoms with van der Waals surface area (Å²) in [6.07, 6.45) is 0. The molecule has 0 bridgehead atoms. The Morgan fingerprint density at radius 3 is 2.68 bits per heavy atom. The third-order valence-electron chi connectivity index (χ3n) is 2.97. The number of anilines is 1. The lowest BCUT2D eigenvalue weighted by molar-refractivity contribution is 1.45. The molecule has 0 unspecified atom stereocenters. The Kier molecular flexibility index (Phi) is 2.93. The number of nitrogens with one attached hydrogen (secondary N) is 2. The number of hydrogen-bond donors (Lipinski definition) is 3. The van der Waals surface area contributed by atoms with Crippen molar-refractivity contribution >= 4 is 33.9 Å². The second-order valence-corrected chi connectivity index (χ2v) is 4.78. The van der Waals surface area contributed by atoms with Crippen LogP contribution in [0.2, 0.25) is 0 Å². The van der Waals surface area contributed by atoms with Gasteiger partial charge in [-0.3, -0.25) is 0 Å². The molecule has 0 aliphatic heterocycles. The van der Waals surface area contributed by atoms with E-state index >= 15 is 0 Å². The van der Waals surface area contributed by atoms with Crippen molar-refractivity contribution in [2.75, 3.05) is 5.32 Å². The number of H-pyrrole nitrogens is 1. The van der Waals surface area contributed by atoms with Crippen molar-refractivity contribution < 1.29 is 0 Å². The lowest BCUT2D eigenvalue weighted by Crippen LogP contribution is -2.18. The van der Waals surface area contributed by atoms with Crippen LogP contribution in [0, 0.1) is 0 Å². The Morgan fingerprint density at radius 1 is 1.05 bits per heavy atom. The molecule has 0 aliphatic rings. The van der Waals surface area contributed by atoms with E-state index < -0.39 is 0 Å². The molecule has 1 aromatic heterocycles. The molecule has 0 spiro atoms. The van der Waals surface area contributed by atoms with Crippen LogP contribution in [-0.4, -0.2) is 10.1 Å². The van der Waals surface area contributed by atoms with Gasteiger partial charge in [-0.1, -0.05) is 30.3 Å². The van der Waals surface area contributed by atoms with Crippen molar-refractivity contribution in [3.05, 3.63) is 54.6 Å². The summed E-state index contributed by atoms with van der Waals surface area (Å²) >= 11 is 4.85. The maximum atomic E-state index is 5.49. The summed E-state index contributed by atoms with van der Waals surface area (Å²) in [5.41, 5.74) is 9.68. The van der Waals surface area contributed by atoms with E-state index in [1.807, 2.05) is 30.3 Å². The van der Waals surface area contributed by atoms with E-state index in [0.29, 0.717) is 0 Å². The summed E-state index contributed by atoms with van der Waals surface area (Å²) in [6, 6.07) is 18.3. The molecule has 0 radical (unpaired) electrons. The van der Waals surface area contributed by atoms with Crippen LogP contribution in [0.25, 0.3) is 22.2 Å². The minimum Gasteiger partial charge on any atom is -0.376 e. The Bertz CT molecular complexity index is 713. The highest BCUT2D eigenvalue weighted by atomic mass is 32.1. The summed E-state index contributed by atoms with van der Waals surface area (Å²) in [4.78, 5) is 3.40. The number of fused-ring (bicyclic) bond motifs is 1. The molecule has 3 rings (SSSR count). The second-order valence-electron chi connectivity index (χ2n) is 4.34. The molecule has 0 saturated carbocycles. The van der Waals surface area contributed by atoms with Gasteiger partial charge >= 0.3 is 0 Å². The van der Waals surface area contributed by atoms with Crippen molar-refractivity contribution in [2.45, 2.75) is 0 Å². The van der Waals surface area contributed by atoms with E-state index in [9.17, 15) is 0 Å². The van der Waals surface area contributed by atoms with Gasteiger partial charge in [-0.15, -0.1) is 0 Å². The number of aromatic nitrogens is 1. The van der Waals surface area contributed by atoms with Gasteiger partial charge in [-0.05, 0) is 36.5 Å². The monoisotopic (exact) mass is 267 g/mol. The second kappa shape index (κ2) is 4.74. The minimum absolute atomic E-state index is 0.272. The van der Waals surface area contributed by atoms with Gasteiger partial charge in [0.2, 0.25) is 0 Å². The first-order valence-corrected chi connectivity index (χ1v) is 6.38. The molecule has 0 saturated heterocycles. The zero-order valence-electron chi connectivity index (χ0n) is 10.2. The van der Waals surface area contributed by atoms with Gasteiger partial charge in [-0.2, -0.15) is 0 Å². The Morgan fingerprint density at radius 2 is 1.89 bits per heavy atom. The summed E-state index contributed by atoms with van der Waals surface area (Å²) in [7, 11) is 0. The van der Waals surface area contributed by atoms with Crippen LogP contribution in [0.15, 0.2) is 54.6 Å². The highest BCUT2D eigenvalue weighted by Gasteiger charge is 2.03. The van der Waals surface area contributed by atoms with Gasteiger partial charge in [0, 0.05) is 27.8 Å². The molecule has 4 N–H and O–H groups in total. The van der Waals surface area contributed by atoms with Crippen LogP contribution >= 0.6 is 12.2 Å². The first-order chi connectivity index (χ1) is 9.22. The average molecular weight is 267 g/mol. The molecule has 0 amide bonds. The van der Waals surface area contributed by atoms with E-state index in [-0.39, 0.29) is 5.11 Å². The Labute approximate surface area is 116 Å². The van der Waals surface area contributed by atoms with Crippen LogP contribution < -0.4 is 11.1 Å². The Balaban J connectivity index is 2.03. The largest absolute Gasteiger partial charge is 0.376 e. The fourth-order valence-corrected chi connectivity index (χ4v) is 2.25. The molecule has 0 aliphatic carbocycles. The summed E-state index contributed by atoms with van der Waals surface area (Å²) < 4.78 is 0. The number of benzene rings is 2. The predicted molar refractivity (Wildman–Crippen MR) is 84.1 cm³/mol. The highest BCUT2D eigenvalue weighted by Crippen LogP contribution is 2.25. The van der Waals surface area contributed by atoms with Crippen molar-refractivity contribution in [3.8, 4) is 11.3 Å². The van der Waals surface area contributed by atoms with Crippen LogP contribution in [0.5, 0.6) is 0 Å². The van der Waals surface area contributed by atoms with Gasteiger partial charge in [0.05, 0.1) is 0 Å². The van der Waals surface area contributed by atoms with Crippen molar-refractivity contribution in [3.63, 3.8) is 0 Å². The predicted octanol–water partition coefficient (Wildman–Crippen LogP) is 3.49. The van der Waals surface area contributed by atoms with Gasteiger partial charge in [0.1, 0.15) is 0 Å². The normalized spacial score (nSPS) is 10.5. The van der Waals surface area contributed by atoms with Gasteiger partial charge in [0.25, 0.3) is 0 Å². The molecular formula is C15H13N3S. The first-order valence-electron chi connectivity index (χ1n) is 5.97. The quantitative estimate of drug-likeness (QED) is 0.623. The topological polar surface area (TPSA) is 53.8 Å². The van der Waals surface area contributed by atoms with Crippen LogP contribution in [0.3, 0.4) is 0 Å². The van der Waals surface area contributed by atoms with E-state index in [0.717, 1.165) is 22.5 Å². The summed E-state index contributed by atoms with van der Waals surface area (Å²) in [5, 5.41) is 4.42. The number of aromatic amines is 1. The van der Waals surface area contributed by atoms with E-state index in [1.165, 1.54) is 5.39 Å². The zero-order chi connectivity index (χ0) is 13.2. The molecular weight excluding hydrogens is 254 g/mol. The molecule has 4 heteroatoms. The third-order valence-corrected chi connectivity index (χ3v) is 3.07. The molecule has 3 aromatic rings. The fraction of sp³-hybridized carbons (Fsp3) is 0. The molecule has 1 heterocycles. The standard InChI is InChI=1S/C15H13N3S/c16-15(19)17-12-6-3-5-10(8-12)14-9-11-4-1-2-7-13(11)18-14/h1-9,18H,(H3,16,17,19). The van der Waals surface area contributed by atoms with E-state index in [4.69, 9.17) is 18.0 Å². The van der Waals surface area contributed by atoms with Crippen LogP contribution in [-0.2, 0) is 0 Å². The lowest BCUT2D eigenvalue weighted by Gasteiger charge is -2.05. The molecule has 2 aromatic carbocycles. The number of rotatable bonds is 2. The summed E-state index contributed by atoms with van der Waals surface area (Å²) in [5.74, 6) is 0.